The molecule has 8 heteroatoms. The normalized spacial score (nSPS) is 25.0. The highest BCUT2D eigenvalue weighted by Gasteiger charge is 2.26. The molecule has 0 amide bonds. The van der Waals surface area contributed by atoms with Crippen LogP contribution in [0, 0.1) is 11.3 Å². The van der Waals surface area contributed by atoms with Gasteiger partial charge in [-0.25, -0.2) is 0 Å². The van der Waals surface area contributed by atoms with Gasteiger partial charge in [0.05, 0.1) is 12.2 Å². The number of hydrogen-bond acceptors (Lipinski definition) is 8. The Morgan fingerprint density at radius 2 is 1.90 bits per heavy atom. The number of rotatable bonds is 6. The lowest BCUT2D eigenvalue weighted by Gasteiger charge is -2.30. The van der Waals surface area contributed by atoms with E-state index in [9.17, 15) is 15.5 Å². The zero-order valence-electron chi connectivity index (χ0n) is 16.8. The van der Waals surface area contributed by atoms with Gasteiger partial charge in [0.15, 0.2) is 6.29 Å². The van der Waals surface area contributed by atoms with E-state index in [1.807, 2.05) is 18.2 Å². The van der Waals surface area contributed by atoms with Crippen LogP contribution in [0.3, 0.4) is 0 Å². The number of aliphatic hydroxyl groups excluding tert-OH is 3. The quantitative estimate of drug-likeness (QED) is 0.409. The number of nitrogens with one attached hydrogen (secondary N) is 1. The third-order valence-electron chi connectivity index (χ3n) is 4.87. The second-order valence-corrected chi connectivity index (χ2v) is 7.98. The molecule has 3 unspecified atom stereocenters. The number of benzene rings is 1. The fraction of sp³-hybridized carbons (Fsp3) is 0.571. The van der Waals surface area contributed by atoms with Gasteiger partial charge >= 0.3 is 0 Å². The highest BCUT2D eigenvalue weighted by Crippen LogP contribution is 2.23. The molecule has 0 saturated carbocycles. The molecule has 0 spiro atoms. The number of nitrogens with zero attached hydrogens (tertiary/aromatic N) is 2. The van der Waals surface area contributed by atoms with Crippen molar-refractivity contribution in [3.05, 3.63) is 34.7 Å². The first-order chi connectivity index (χ1) is 14.1. The fourth-order valence-corrected chi connectivity index (χ4v) is 4.14. The minimum atomic E-state index is -0.921. The maximum absolute atomic E-state index is 9.67. The first kappa shape index (κ1) is 23.7. The highest BCUT2D eigenvalue weighted by molar-refractivity contribution is 8.01. The molecule has 0 radical (unpaired) electrons. The van der Waals surface area contributed by atoms with Crippen molar-refractivity contribution in [2.75, 3.05) is 31.6 Å². The SMILES string of the molecule is CO.N#C/C(=C\c1ccc(N2CCCCC2)cc1)SNCC1CC(O)CC(O)O1. The highest BCUT2D eigenvalue weighted by atomic mass is 32.2. The summed E-state index contributed by atoms with van der Waals surface area (Å²) >= 11 is 1.24. The third-order valence-corrected chi connectivity index (χ3v) is 5.61. The molecule has 2 saturated heterocycles. The Bertz CT molecular complexity index is 661. The van der Waals surface area contributed by atoms with Crippen molar-refractivity contribution in [3.8, 4) is 6.07 Å². The van der Waals surface area contributed by atoms with Crippen molar-refractivity contribution in [1.29, 1.82) is 5.26 Å². The minimum Gasteiger partial charge on any atom is -0.400 e. The summed E-state index contributed by atoms with van der Waals surface area (Å²) in [6, 6.07) is 10.5. The van der Waals surface area contributed by atoms with Gasteiger partial charge in [0.25, 0.3) is 0 Å². The number of anilines is 1. The molecule has 0 bridgehead atoms. The monoisotopic (exact) mass is 421 g/mol. The van der Waals surface area contributed by atoms with E-state index < -0.39 is 12.4 Å². The second kappa shape index (κ2) is 12.9. The van der Waals surface area contributed by atoms with Crippen LogP contribution < -0.4 is 9.62 Å². The van der Waals surface area contributed by atoms with Gasteiger partial charge in [-0.3, -0.25) is 4.72 Å². The second-order valence-electron chi connectivity index (χ2n) is 7.05. The van der Waals surface area contributed by atoms with E-state index in [4.69, 9.17) is 9.84 Å². The summed E-state index contributed by atoms with van der Waals surface area (Å²) in [6.07, 6.45) is 4.67. The van der Waals surface area contributed by atoms with E-state index in [1.165, 1.54) is 36.9 Å². The van der Waals surface area contributed by atoms with Crippen LogP contribution in [-0.4, -0.2) is 60.6 Å². The number of allylic oxidation sites excluding steroid dienone is 1. The van der Waals surface area contributed by atoms with Crippen LogP contribution >= 0.6 is 11.9 Å². The average molecular weight is 422 g/mol. The number of nitriles is 1. The zero-order chi connectivity index (χ0) is 21.1. The Morgan fingerprint density at radius 1 is 1.21 bits per heavy atom. The van der Waals surface area contributed by atoms with Gasteiger partial charge in [0.2, 0.25) is 0 Å². The molecule has 2 aliphatic rings. The first-order valence-corrected chi connectivity index (χ1v) is 10.8. The predicted octanol–water partition coefficient (Wildman–Crippen LogP) is 2.25. The average Bonchev–Trinajstić information content (AvgIpc) is 2.75. The summed E-state index contributed by atoms with van der Waals surface area (Å²) in [4.78, 5) is 2.96. The first-order valence-electron chi connectivity index (χ1n) is 9.97. The topological polar surface area (TPSA) is 109 Å². The lowest BCUT2D eigenvalue weighted by molar-refractivity contribution is -0.186. The Balaban J connectivity index is 0.00000145. The summed E-state index contributed by atoms with van der Waals surface area (Å²) in [5.74, 6) is 0. The largest absolute Gasteiger partial charge is 0.400 e. The molecule has 29 heavy (non-hydrogen) atoms. The zero-order valence-corrected chi connectivity index (χ0v) is 17.6. The molecule has 7 nitrogen and oxygen atoms in total. The summed E-state index contributed by atoms with van der Waals surface area (Å²) in [7, 11) is 1.00. The number of piperidine rings is 1. The molecule has 3 atom stereocenters. The number of hydrogen-bond donors (Lipinski definition) is 4. The van der Waals surface area contributed by atoms with E-state index in [0.717, 1.165) is 25.8 Å². The van der Waals surface area contributed by atoms with Crippen LogP contribution in [0.1, 0.15) is 37.7 Å². The van der Waals surface area contributed by atoms with Crippen molar-refractivity contribution in [2.24, 2.45) is 0 Å². The Hall–Kier alpha value is -1.60. The summed E-state index contributed by atoms with van der Waals surface area (Å²) in [6.45, 7) is 2.68. The van der Waals surface area contributed by atoms with Gasteiger partial charge < -0.3 is 25.0 Å². The lowest BCUT2D eigenvalue weighted by atomic mass is 10.1. The fourth-order valence-electron chi connectivity index (χ4n) is 3.48. The predicted molar refractivity (Wildman–Crippen MR) is 116 cm³/mol. The third kappa shape index (κ3) is 7.97. The molecule has 160 valence electrons. The maximum Gasteiger partial charge on any atom is 0.157 e. The molecule has 3 rings (SSSR count). The lowest BCUT2D eigenvalue weighted by Crippen LogP contribution is -2.39. The van der Waals surface area contributed by atoms with E-state index >= 15 is 0 Å². The molecule has 0 aliphatic carbocycles. The van der Waals surface area contributed by atoms with Gasteiger partial charge in [0, 0.05) is 45.3 Å². The van der Waals surface area contributed by atoms with E-state index in [2.05, 4.69) is 27.8 Å². The maximum atomic E-state index is 9.67. The van der Waals surface area contributed by atoms with Crippen molar-refractivity contribution in [1.82, 2.24) is 4.72 Å². The minimum absolute atomic E-state index is 0.250. The number of aliphatic hydroxyl groups is 3. The van der Waals surface area contributed by atoms with Gasteiger partial charge in [-0.2, -0.15) is 5.26 Å². The van der Waals surface area contributed by atoms with E-state index in [0.29, 0.717) is 17.9 Å². The smallest absolute Gasteiger partial charge is 0.157 e. The molecular weight excluding hydrogens is 390 g/mol. The van der Waals surface area contributed by atoms with Gasteiger partial charge in [-0.1, -0.05) is 12.1 Å². The molecule has 2 fully saturated rings. The molecule has 4 N–H and O–H groups in total. The van der Waals surface area contributed by atoms with Crippen LogP contribution in [0.2, 0.25) is 0 Å². The van der Waals surface area contributed by atoms with Gasteiger partial charge in [0.1, 0.15) is 11.0 Å². The molecule has 2 aliphatic heterocycles. The molecular formula is C21H31N3O4S. The molecule has 2 heterocycles. The Labute approximate surface area is 177 Å². The van der Waals surface area contributed by atoms with Crippen molar-refractivity contribution in [2.45, 2.75) is 50.6 Å². The van der Waals surface area contributed by atoms with Crippen LogP contribution in [0.15, 0.2) is 29.2 Å². The van der Waals surface area contributed by atoms with Gasteiger partial charge in [-0.05, 0) is 55.0 Å². The van der Waals surface area contributed by atoms with Crippen molar-refractivity contribution in [3.63, 3.8) is 0 Å². The summed E-state index contributed by atoms with van der Waals surface area (Å²) in [5.41, 5.74) is 2.23. The van der Waals surface area contributed by atoms with Crippen LogP contribution in [-0.2, 0) is 4.74 Å². The van der Waals surface area contributed by atoms with Crippen LogP contribution in [0.25, 0.3) is 6.08 Å². The van der Waals surface area contributed by atoms with Crippen LogP contribution in [0.4, 0.5) is 5.69 Å². The van der Waals surface area contributed by atoms with Crippen LogP contribution in [0.5, 0.6) is 0 Å². The summed E-state index contributed by atoms with van der Waals surface area (Å²) < 4.78 is 8.47. The number of ether oxygens (including phenoxy) is 1. The molecule has 1 aromatic carbocycles. The van der Waals surface area contributed by atoms with E-state index in [1.54, 1.807) is 0 Å². The van der Waals surface area contributed by atoms with Crippen molar-refractivity contribution < 1.29 is 20.1 Å². The van der Waals surface area contributed by atoms with Gasteiger partial charge in [-0.15, -0.1) is 0 Å². The standard InChI is InChI=1S/C20H27N3O3S.CH4O/c21-13-19(27-22-14-18-11-17(24)12-20(25)26-18)10-15-4-6-16(7-5-15)23-8-2-1-3-9-23;1-2/h4-7,10,17-18,20,22,24-25H,1-3,8-9,11-12,14H2;2H,1H3/b19-10+;. The molecule has 0 aromatic heterocycles. The Kier molecular flexibility index (Phi) is 10.5. The Morgan fingerprint density at radius 3 is 2.52 bits per heavy atom. The molecule has 1 aromatic rings. The summed E-state index contributed by atoms with van der Waals surface area (Å²) in [5, 5.41) is 35.6. The van der Waals surface area contributed by atoms with E-state index in [-0.39, 0.29) is 12.5 Å². The van der Waals surface area contributed by atoms with Crippen molar-refractivity contribution >= 4 is 23.7 Å².